The summed E-state index contributed by atoms with van der Waals surface area (Å²) in [4.78, 5) is 52.7. The second-order valence-electron chi connectivity index (χ2n) is 7.09. The number of hydrogen-bond acceptors (Lipinski definition) is 8. The van der Waals surface area contributed by atoms with Gasteiger partial charge in [-0.25, -0.2) is 14.6 Å². The Bertz CT molecular complexity index is 1390. The first-order chi connectivity index (χ1) is 14.8. The summed E-state index contributed by atoms with van der Waals surface area (Å²) in [6, 6.07) is 2.65. The predicted octanol–water partition coefficient (Wildman–Crippen LogP) is 1.59. The average Bonchev–Trinajstić information content (AvgIpc) is 3.13. The van der Waals surface area contributed by atoms with Crippen LogP contribution in [-0.4, -0.2) is 47.7 Å². The quantitative estimate of drug-likeness (QED) is 0.447. The number of fused-ring (bicyclic) bond motifs is 4. The number of anilines is 1. The molecule has 0 atom stereocenters. The number of thioether (sulfide) groups is 1. The van der Waals surface area contributed by atoms with Gasteiger partial charge < -0.3 is 24.2 Å². The highest BCUT2D eigenvalue weighted by atomic mass is 32.2. The summed E-state index contributed by atoms with van der Waals surface area (Å²) in [5, 5.41) is 30.8. The van der Waals surface area contributed by atoms with Gasteiger partial charge in [-0.1, -0.05) is 11.8 Å². The van der Waals surface area contributed by atoms with E-state index in [4.69, 9.17) is 5.11 Å². The van der Waals surface area contributed by atoms with Gasteiger partial charge in [0.2, 0.25) is 5.43 Å². The van der Waals surface area contributed by atoms with Crippen molar-refractivity contribution in [3.05, 3.63) is 55.7 Å². The maximum atomic E-state index is 12.9. The largest absolute Gasteiger partial charge is 0.477 e. The van der Waals surface area contributed by atoms with Gasteiger partial charge in [0, 0.05) is 30.7 Å². The number of hydrogen-bond donors (Lipinski definition) is 2. The summed E-state index contributed by atoms with van der Waals surface area (Å²) in [6.07, 6.45) is 1.41. The van der Waals surface area contributed by atoms with E-state index in [1.54, 1.807) is 14.0 Å². The van der Waals surface area contributed by atoms with Gasteiger partial charge in [-0.2, -0.15) is 0 Å². The normalized spacial score (nSPS) is 14.6. The molecule has 0 amide bonds. The van der Waals surface area contributed by atoms with Crippen molar-refractivity contribution >= 4 is 46.0 Å². The lowest BCUT2D eigenvalue weighted by Crippen LogP contribution is -2.34. The van der Waals surface area contributed by atoms with Crippen molar-refractivity contribution in [2.75, 3.05) is 11.4 Å². The van der Waals surface area contributed by atoms with E-state index in [1.165, 1.54) is 30.1 Å². The van der Waals surface area contributed by atoms with E-state index in [2.05, 4.69) is 4.98 Å². The van der Waals surface area contributed by atoms with Crippen molar-refractivity contribution < 1.29 is 24.7 Å². The standard InChI is InChI=1S/C18H13N5O7S/c24-15-8-3-11(20-1-2-21-5-9(17(25)26)19-13(21)6-20)12(23(29)30)4-10(8)22-7-31-16(22)14(15)18(27)28/h3-5H,1-2,6-7H2,(H,25,26)(H,27,28). The van der Waals surface area contributed by atoms with Crippen LogP contribution in [0.4, 0.5) is 11.4 Å². The third-order valence-electron chi connectivity index (χ3n) is 5.42. The van der Waals surface area contributed by atoms with Crippen molar-refractivity contribution in [1.29, 1.82) is 0 Å². The van der Waals surface area contributed by atoms with Gasteiger partial charge in [0.25, 0.3) is 5.69 Å². The third-order valence-corrected chi connectivity index (χ3v) is 6.50. The van der Waals surface area contributed by atoms with Crippen LogP contribution in [0.25, 0.3) is 10.9 Å². The number of imidazole rings is 1. The number of rotatable bonds is 4. The molecule has 0 fully saturated rings. The van der Waals surface area contributed by atoms with Crippen molar-refractivity contribution in [1.82, 2.24) is 14.1 Å². The van der Waals surface area contributed by atoms with Crippen LogP contribution in [-0.2, 0) is 19.0 Å². The molecule has 1 aromatic carbocycles. The molecule has 4 heterocycles. The van der Waals surface area contributed by atoms with Gasteiger partial charge in [-0.05, 0) is 6.07 Å². The van der Waals surface area contributed by atoms with E-state index < -0.39 is 22.3 Å². The Kier molecular flexibility index (Phi) is 4.05. The molecule has 2 aliphatic rings. The molecule has 0 spiro atoms. The van der Waals surface area contributed by atoms with E-state index >= 15 is 0 Å². The first-order valence-electron chi connectivity index (χ1n) is 9.05. The fourth-order valence-electron chi connectivity index (χ4n) is 3.93. The lowest BCUT2D eigenvalue weighted by Gasteiger charge is -2.30. The zero-order chi connectivity index (χ0) is 22.0. The van der Waals surface area contributed by atoms with Gasteiger partial charge in [-0.3, -0.25) is 14.9 Å². The zero-order valence-electron chi connectivity index (χ0n) is 15.6. The van der Waals surface area contributed by atoms with Crippen molar-refractivity contribution in [3.63, 3.8) is 0 Å². The van der Waals surface area contributed by atoms with E-state index in [0.29, 0.717) is 30.3 Å². The minimum absolute atomic E-state index is 0.0854. The first kappa shape index (κ1) is 19.1. The summed E-state index contributed by atoms with van der Waals surface area (Å²) in [5.41, 5.74) is -0.908. The van der Waals surface area contributed by atoms with Gasteiger partial charge in [0.05, 0.1) is 27.9 Å². The summed E-state index contributed by atoms with van der Waals surface area (Å²) in [5.74, 6) is -1.70. The van der Waals surface area contributed by atoms with Crippen LogP contribution < -0.4 is 10.3 Å². The minimum atomic E-state index is -1.34. The molecule has 31 heavy (non-hydrogen) atoms. The van der Waals surface area contributed by atoms with Crippen LogP contribution in [0, 0.1) is 10.1 Å². The van der Waals surface area contributed by atoms with Gasteiger partial charge in [0.15, 0.2) is 5.69 Å². The SMILES string of the molecule is O=C(O)c1cn2c(n1)CN(c1cc3c(=O)c(C(=O)O)c4n(c3cc1[N+](=O)[O-])CS4)CC2. The van der Waals surface area contributed by atoms with E-state index in [9.17, 15) is 29.6 Å². The molecule has 2 N–H and O–H groups in total. The van der Waals surface area contributed by atoms with Crippen LogP contribution >= 0.6 is 11.8 Å². The number of benzene rings is 1. The molecular weight excluding hydrogens is 430 g/mol. The highest BCUT2D eigenvalue weighted by molar-refractivity contribution is 7.99. The number of carboxylic acid groups (broad SMARTS) is 2. The summed E-state index contributed by atoms with van der Waals surface area (Å²) in [7, 11) is 0. The molecule has 0 aliphatic carbocycles. The highest BCUT2D eigenvalue weighted by Crippen LogP contribution is 2.40. The molecule has 2 aliphatic heterocycles. The minimum Gasteiger partial charge on any atom is -0.477 e. The second-order valence-corrected chi connectivity index (χ2v) is 8.03. The number of aromatic nitrogens is 3. The van der Waals surface area contributed by atoms with E-state index in [0.717, 1.165) is 0 Å². The maximum Gasteiger partial charge on any atom is 0.356 e. The molecule has 158 valence electrons. The smallest absolute Gasteiger partial charge is 0.356 e. The molecule has 0 saturated carbocycles. The van der Waals surface area contributed by atoms with E-state index in [1.807, 2.05) is 0 Å². The Morgan fingerprint density at radius 2 is 1.97 bits per heavy atom. The Balaban J connectivity index is 1.69. The summed E-state index contributed by atoms with van der Waals surface area (Å²) < 4.78 is 3.26. The Morgan fingerprint density at radius 1 is 1.19 bits per heavy atom. The van der Waals surface area contributed by atoms with Crippen molar-refractivity contribution in [2.24, 2.45) is 0 Å². The number of carbonyl (C=O) groups is 2. The second kappa shape index (κ2) is 6.57. The monoisotopic (exact) mass is 443 g/mol. The zero-order valence-corrected chi connectivity index (χ0v) is 16.5. The molecular formula is C18H13N5O7S. The van der Waals surface area contributed by atoms with Crippen LogP contribution in [0.1, 0.15) is 26.7 Å². The third kappa shape index (κ3) is 2.77. The lowest BCUT2D eigenvalue weighted by atomic mass is 10.1. The molecule has 0 unspecified atom stereocenters. The lowest BCUT2D eigenvalue weighted by molar-refractivity contribution is -0.384. The number of carboxylic acids is 2. The van der Waals surface area contributed by atoms with Crippen LogP contribution in [0.3, 0.4) is 0 Å². The fourth-order valence-corrected chi connectivity index (χ4v) is 4.88. The number of nitro groups is 1. The first-order valence-corrected chi connectivity index (χ1v) is 10.0. The Morgan fingerprint density at radius 3 is 2.58 bits per heavy atom. The summed E-state index contributed by atoms with van der Waals surface area (Å²) >= 11 is 1.20. The Hall–Kier alpha value is -3.87. The molecule has 2 aromatic heterocycles. The van der Waals surface area contributed by atoms with E-state index in [-0.39, 0.29) is 39.6 Å². The van der Waals surface area contributed by atoms with Gasteiger partial charge in [0.1, 0.15) is 17.1 Å². The van der Waals surface area contributed by atoms with Gasteiger partial charge in [-0.15, -0.1) is 0 Å². The molecule has 0 saturated heterocycles. The van der Waals surface area contributed by atoms with Crippen LogP contribution in [0.2, 0.25) is 0 Å². The number of pyridine rings is 1. The predicted molar refractivity (Wildman–Crippen MR) is 108 cm³/mol. The van der Waals surface area contributed by atoms with Crippen molar-refractivity contribution in [2.45, 2.75) is 24.0 Å². The Labute approximate surface area is 176 Å². The maximum absolute atomic E-state index is 12.9. The van der Waals surface area contributed by atoms with Crippen LogP contribution in [0.5, 0.6) is 0 Å². The topological polar surface area (TPSA) is 161 Å². The number of nitrogens with zero attached hydrogens (tertiary/aromatic N) is 5. The van der Waals surface area contributed by atoms with Crippen LogP contribution in [0.15, 0.2) is 28.2 Å². The fraction of sp³-hybridized carbons (Fsp3) is 0.222. The summed E-state index contributed by atoms with van der Waals surface area (Å²) in [6.45, 7) is 0.779. The van der Waals surface area contributed by atoms with Gasteiger partial charge >= 0.3 is 11.9 Å². The molecule has 5 rings (SSSR count). The highest BCUT2D eigenvalue weighted by Gasteiger charge is 2.32. The van der Waals surface area contributed by atoms with Crippen molar-refractivity contribution in [3.8, 4) is 0 Å². The molecule has 0 bridgehead atoms. The molecule has 13 heteroatoms. The molecule has 0 radical (unpaired) electrons. The average molecular weight is 443 g/mol. The molecule has 3 aromatic rings. The number of nitro benzene ring substituents is 1. The number of aromatic carboxylic acids is 2. The molecule has 12 nitrogen and oxygen atoms in total.